The normalized spacial score (nSPS) is 14.3. The minimum atomic E-state index is -2.37. The molecule has 1 aromatic rings. The van der Waals surface area contributed by atoms with Crippen molar-refractivity contribution in [2.45, 2.75) is 64.6 Å². The Bertz CT molecular complexity index is 610. The van der Waals surface area contributed by atoms with E-state index in [-0.39, 0.29) is 11.6 Å². The molecule has 0 aromatic heterocycles. The standard InChI is InChI=1S/C19H31NO5Si/c1-14(21)16(17(22)25-26(6,7)19(2,3)4)20(5)18(23)24-13-15-11-9-8-10-12-15/h8-12,14,16,21H,13H2,1-7H3/t14-,16+/m0/s1. The van der Waals surface area contributed by atoms with Gasteiger partial charge in [0, 0.05) is 7.05 Å². The van der Waals surface area contributed by atoms with Crippen LogP contribution in [-0.2, 0) is 20.6 Å². The van der Waals surface area contributed by atoms with E-state index in [1.807, 2.05) is 64.2 Å². The number of nitrogens with zero attached hydrogens (tertiary/aromatic N) is 1. The molecule has 0 heterocycles. The van der Waals surface area contributed by atoms with E-state index >= 15 is 0 Å². The van der Waals surface area contributed by atoms with Crippen LogP contribution in [0.25, 0.3) is 0 Å². The Hall–Kier alpha value is -1.86. The smallest absolute Gasteiger partial charge is 0.410 e. The zero-order chi connectivity index (χ0) is 20.1. The zero-order valence-corrected chi connectivity index (χ0v) is 17.8. The molecule has 0 aliphatic carbocycles. The van der Waals surface area contributed by atoms with Gasteiger partial charge in [-0.05, 0) is 30.6 Å². The van der Waals surface area contributed by atoms with Gasteiger partial charge in [0.25, 0.3) is 8.32 Å². The van der Waals surface area contributed by atoms with Gasteiger partial charge in [-0.15, -0.1) is 0 Å². The highest BCUT2D eigenvalue weighted by molar-refractivity contribution is 6.75. The molecule has 0 fully saturated rings. The van der Waals surface area contributed by atoms with Gasteiger partial charge >= 0.3 is 12.1 Å². The van der Waals surface area contributed by atoms with Crippen LogP contribution in [0, 0.1) is 0 Å². The number of benzene rings is 1. The molecule has 1 N–H and O–H groups in total. The lowest BCUT2D eigenvalue weighted by molar-refractivity contribution is -0.144. The summed E-state index contributed by atoms with van der Waals surface area (Å²) in [6, 6.07) is 8.13. The van der Waals surface area contributed by atoms with E-state index in [9.17, 15) is 14.7 Å². The SMILES string of the molecule is C[C@H](O)[C@H](C(=O)O[Si](C)(C)C(C)(C)C)N(C)C(=O)OCc1ccccc1. The third kappa shape index (κ3) is 5.84. The van der Waals surface area contributed by atoms with Crippen molar-refractivity contribution in [3.05, 3.63) is 35.9 Å². The molecular weight excluding hydrogens is 350 g/mol. The second kappa shape index (κ2) is 8.68. The Morgan fingerprint density at radius 2 is 1.73 bits per heavy atom. The Morgan fingerprint density at radius 3 is 2.19 bits per heavy atom. The first-order valence-electron chi connectivity index (χ1n) is 8.71. The van der Waals surface area contributed by atoms with E-state index in [0.717, 1.165) is 10.5 Å². The maximum absolute atomic E-state index is 12.7. The molecule has 0 bridgehead atoms. The molecule has 1 amide bonds. The van der Waals surface area contributed by atoms with Gasteiger partial charge in [-0.1, -0.05) is 51.1 Å². The first kappa shape index (κ1) is 22.2. The van der Waals surface area contributed by atoms with Crippen molar-refractivity contribution in [3.8, 4) is 0 Å². The largest absolute Gasteiger partial charge is 0.518 e. The van der Waals surface area contributed by atoms with Crippen molar-refractivity contribution in [2.24, 2.45) is 0 Å². The average Bonchev–Trinajstić information content (AvgIpc) is 2.51. The minimum Gasteiger partial charge on any atom is -0.518 e. The highest BCUT2D eigenvalue weighted by atomic mass is 28.4. The topological polar surface area (TPSA) is 76.1 Å². The number of carbonyl (C=O) groups excluding carboxylic acids is 2. The van der Waals surface area contributed by atoms with Crippen LogP contribution in [-0.4, -0.2) is 49.6 Å². The number of aliphatic hydroxyl groups excluding tert-OH is 1. The number of amides is 1. The van der Waals surface area contributed by atoms with Gasteiger partial charge in [0.05, 0.1) is 6.10 Å². The predicted molar refractivity (Wildman–Crippen MR) is 103 cm³/mol. The molecule has 7 heteroatoms. The first-order valence-corrected chi connectivity index (χ1v) is 11.6. The van der Waals surface area contributed by atoms with E-state index in [1.54, 1.807) is 0 Å². The van der Waals surface area contributed by atoms with E-state index in [0.29, 0.717) is 0 Å². The maximum Gasteiger partial charge on any atom is 0.410 e. The maximum atomic E-state index is 12.7. The summed E-state index contributed by atoms with van der Waals surface area (Å²) < 4.78 is 11.0. The Balaban J connectivity index is 2.81. The summed E-state index contributed by atoms with van der Waals surface area (Å²) in [6.45, 7) is 11.5. The van der Waals surface area contributed by atoms with Crippen LogP contribution in [0.15, 0.2) is 30.3 Å². The van der Waals surface area contributed by atoms with Gasteiger partial charge in [0.1, 0.15) is 6.61 Å². The highest BCUT2D eigenvalue weighted by Gasteiger charge is 2.43. The molecule has 0 saturated carbocycles. The van der Waals surface area contributed by atoms with Crippen molar-refractivity contribution >= 4 is 20.4 Å². The molecule has 2 atom stereocenters. The Labute approximate surface area is 157 Å². The molecule has 1 aromatic carbocycles. The summed E-state index contributed by atoms with van der Waals surface area (Å²) >= 11 is 0. The quantitative estimate of drug-likeness (QED) is 0.763. The molecule has 0 radical (unpaired) electrons. The highest BCUT2D eigenvalue weighted by Crippen LogP contribution is 2.37. The minimum absolute atomic E-state index is 0.0911. The average molecular weight is 382 g/mol. The molecule has 0 saturated heterocycles. The molecule has 26 heavy (non-hydrogen) atoms. The fourth-order valence-electron chi connectivity index (χ4n) is 2.08. The first-order chi connectivity index (χ1) is 11.9. The number of hydrogen-bond donors (Lipinski definition) is 1. The van der Waals surface area contributed by atoms with Crippen molar-refractivity contribution in [3.63, 3.8) is 0 Å². The van der Waals surface area contributed by atoms with Crippen LogP contribution in [0.5, 0.6) is 0 Å². The van der Waals surface area contributed by atoms with Gasteiger partial charge in [0.15, 0.2) is 6.04 Å². The third-order valence-electron chi connectivity index (χ3n) is 4.77. The summed E-state index contributed by atoms with van der Waals surface area (Å²) in [7, 11) is -0.940. The molecule has 1 rings (SSSR count). The number of ether oxygens (including phenoxy) is 1. The molecule has 146 valence electrons. The van der Waals surface area contributed by atoms with Crippen LogP contribution in [0.3, 0.4) is 0 Å². The van der Waals surface area contributed by atoms with Crippen molar-refractivity contribution in [1.29, 1.82) is 0 Å². The number of aliphatic hydroxyl groups is 1. The molecule has 0 aliphatic rings. The van der Waals surface area contributed by atoms with Crippen molar-refractivity contribution < 1.29 is 23.9 Å². The van der Waals surface area contributed by atoms with Crippen LogP contribution < -0.4 is 0 Å². The van der Waals surface area contributed by atoms with Crippen molar-refractivity contribution in [2.75, 3.05) is 7.05 Å². The Kier molecular flexibility index (Phi) is 7.41. The van der Waals surface area contributed by atoms with Crippen molar-refractivity contribution in [1.82, 2.24) is 4.90 Å². The van der Waals surface area contributed by atoms with E-state index in [4.69, 9.17) is 9.16 Å². The van der Waals surface area contributed by atoms with Gasteiger partial charge in [-0.2, -0.15) is 0 Å². The third-order valence-corrected chi connectivity index (χ3v) is 9.09. The second-order valence-electron chi connectivity index (χ2n) is 8.02. The zero-order valence-electron chi connectivity index (χ0n) is 16.8. The summed E-state index contributed by atoms with van der Waals surface area (Å²) in [4.78, 5) is 26.1. The molecule has 0 spiro atoms. The molecule has 0 unspecified atom stereocenters. The van der Waals surface area contributed by atoms with Crippen LogP contribution >= 0.6 is 0 Å². The van der Waals surface area contributed by atoms with E-state index < -0.39 is 32.5 Å². The van der Waals surface area contributed by atoms with Crippen LogP contribution in [0.4, 0.5) is 4.79 Å². The van der Waals surface area contributed by atoms with Gasteiger partial charge in [-0.3, -0.25) is 9.69 Å². The molecular formula is C19H31NO5Si. The predicted octanol–water partition coefficient (Wildman–Crippen LogP) is 3.55. The number of rotatable bonds is 6. The van der Waals surface area contributed by atoms with Crippen LogP contribution in [0.1, 0.15) is 33.3 Å². The lowest BCUT2D eigenvalue weighted by Crippen LogP contribution is -2.53. The summed E-state index contributed by atoms with van der Waals surface area (Å²) in [6.07, 6.45) is -1.77. The fraction of sp³-hybridized carbons (Fsp3) is 0.579. The fourth-order valence-corrected chi connectivity index (χ4v) is 3.01. The van der Waals surface area contributed by atoms with Gasteiger partial charge in [0.2, 0.25) is 0 Å². The Morgan fingerprint density at radius 1 is 1.19 bits per heavy atom. The summed E-state index contributed by atoms with van der Waals surface area (Å²) in [5.74, 6) is -0.606. The summed E-state index contributed by atoms with van der Waals surface area (Å²) in [5, 5.41) is 9.88. The lowest BCUT2D eigenvalue weighted by atomic mass is 10.1. The van der Waals surface area contributed by atoms with Crippen LogP contribution in [0.2, 0.25) is 18.1 Å². The van der Waals surface area contributed by atoms with Gasteiger partial charge in [-0.25, -0.2) is 4.79 Å². The lowest BCUT2D eigenvalue weighted by Gasteiger charge is -2.38. The van der Waals surface area contributed by atoms with E-state index in [1.165, 1.54) is 14.0 Å². The molecule has 0 aliphatic heterocycles. The monoisotopic (exact) mass is 381 g/mol. The number of carbonyl (C=O) groups is 2. The molecule has 6 nitrogen and oxygen atoms in total. The number of hydrogen-bond acceptors (Lipinski definition) is 5. The second-order valence-corrected chi connectivity index (χ2v) is 12.7. The van der Waals surface area contributed by atoms with E-state index in [2.05, 4.69) is 0 Å². The van der Waals surface area contributed by atoms with Gasteiger partial charge < -0.3 is 14.3 Å². The number of likely N-dealkylation sites (N-methyl/N-ethyl adjacent to an activating group) is 1. The summed E-state index contributed by atoms with van der Waals surface area (Å²) in [5.41, 5.74) is 0.840.